The van der Waals surface area contributed by atoms with Crippen molar-refractivity contribution in [1.29, 1.82) is 0 Å². The minimum Gasteiger partial charge on any atom is -0.447 e. The van der Waals surface area contributed by atoms with Gasteiger partial charge in [0.05, 0.1) is 6.04 Å². The summed E-state index contributed by atoms with van der Waals surface area (Å²) < 4.78 is 4.96. The summed E-state index contributed by atoms with van der Waals surface area (Å²) in [6, 6.07) is 0.142. The Balaban J connectivity index is 1.83. The van der Waals surface area contributed by atoms with Crippen molar-refractivity contribution in [3.63, 3.8) is 0 Å². The highest BCUT2D eigenvalue weighted by Gasteiger charge is 2.53. The quantitative estimate of drug-likeness (QED) is 0.668. The number of fused-ring (bicyclic) bond motifs is 1. The molecule has 3 atom stereocenters. The molecule has 3 heteroatoms. The van der Waals surface area contributed by atoms with E-state index < -0.39 is 0 Å². The van der Waals surface area contributed by atoms with Gasteiger partial charge in [-0.05, 0) is 35.7 Å². The standard InChI is InChI=1S/C12H17NO2/c1-12(2)7-3-4-8(9(12)5-7)10-6-15-11(14)13-10/h4,7,9-10H,3,5-6H2,1-2H3,(H,13,14). The van der Waals surface area contributed by atoms with Crippen molar-refractivity contribution in [2.24, 2.45) is 17.3 Å². The van der Waals surface area contributed by atoms with Gasteiger partial charge in [-0.2, -0.15) is 0 Å². The van der Waals surface area contributed by atoms with Gasteiger partial charge in [-0.15, -0.1) is 0 Å². The number of amides is 1. The van der Waals surface area contributed by atoms with Crippen LogP contribution in [0.5, 0.6) is 0 Å². The van der Waals surface area contributed by atoms with Crippen LogP contribution >= 0.6 is 0 Å². The number of alkyl carbamates (subject to hydrolysis) is 1. The van der Waals surface area contributed by atoms with Crippen molar-refractivity contribution in [1.82, 2.24) is 5.32 Å². The molecule has 1 amide bonds. The molecule has 2 bridgehead atoms. The maximum absolute atomic E-state index is 11.0. The summed E-state index contributed by atoms with van der Waals surface area (Å²) in [5.74, 6) is 1.51. The molecule has 3 aliphatic carbocycles. The van der Waals surface area contributed by atoms with E-state index in [9.17, 15) is 4.79 Å². The summed E-state index contributed by atoms with van der Waals surface area (Å²) in [6.07, 6.45) is 4.53. The predicted octanol–water partition coefficient (Wildman–Crippen LogP) is 2.09. The van der Waals surface area contributed by atoms with Crippen LogP contribution < -0.4 is 5.32 Å². The number of hydrogen-bond acceptors (Lipinski definition) is 2. The van der Waals surface area contributed by atoms with Crippen LogP contribution in [0.3, 0.4) is 0 Å². The van der Waals surface area contributed by atoms with Gasteiger partial charge in [-0.3, -0.25) is 0 Å². The predicted molar refractivity (Wildman–Crippen MR) is 56.3 cm³/mol. The normalized spacial score (nSPS) is 41.3. The van der Waals surface area contributed by atoms with Crippen molar-refractivity contribution in [3.8, 4) is 0 Å². The zero-order valence-corrected chi connectivity index (χ0v) is 9.25. The van der Waals surface area contributed by atoms with E-state index in [0.717, 1.165) is 5.92 Å². The molecule has 3 nitrogen and oxygen atoms in total. The van der Waals surface area contributed by atoms with E-state index in [0.29, 0.717) is 17.9 Å². The van der Waals surface area contributed by atoms with E-state index >= 15 is 0 Å². The smallest absolute Gasteiger partial charge is 0.407 e. The van der Waals surface area contributed by atoms with Crippen LogP contribution in [0.25, 0.3) is 0 Å². The monoisotopic (exact) mass is 207 g/mol. The summed E-state index contributed by atoms with van der Waals surface area (Å²) in [5, 5.41) is 2.89. The Labute approximate surface area is 89.9 Å². The van der Waals surface area contributed by atoms with Gasteiger partial charge in [0.2, 0.25) is 0 Å². The summed E-state index contributed by atoms with van der Waals surface area (Å²) in [7, 11) is 0. The lowest BCUT2D eigenvalue weighted by molar-refractivity contribution is -0.0106. The number of nitrogens with one attached hydrogen (secondary N) is 1. The number of hydrogen-bond donors (Lipinski definition) is 1. The number of allylic oxidation sites excluding steroid dienone is 1. The average molecular weight is 207 g/mol. The molecule has 3 unspecified atom stereocenters. The summed E-state index contributed by atoms with van der Waals surface area (Å²) in [5.41, 5.74) is 1.84. The first-order valence-electron chi connectivity index (χ1n) is 5.72. The first-order chi connectivity index (χ1) is 7.09. The molecule has 2 fully saturated rings. The molecule has 0 aromatic heterocycles. The van der Waals surface area contributed by atoms with Crippen LogP contribution in [0.1, 0.15) is 26.7 Å². The molecule has 0 spiro atoms. The van der Waals surface area contributed by atoms with Crippen LogP contribution in [0.2, 0.25) is 0 Å². The van der Waals surface area contributed by atoms with Gasteiger partial charge < -0.3 is 10.1 Å². The topological polar surface area (TPSA) is 38.3 Å². The van der Waals surface area contributed by atoms with Gasteiger partial charge in [-0.25, -0.2) is 4.79 Å². The Morgan fingerprint density at radius 3 is 2.87 bits per heavy atom. The van der Waals surface area contributed by atoms with Crippen LogP contribution in [0.15, 0.2) is 11.6 Å². The summed E-state index contributed by atoms with van der Waals surface area (Å²) >= 11 is 0. The molecule has 15 heavy (non-hydrogen) atoms. The maximum Gasteiger partial charge on any atom is 0.407 e. The third kappa shape index (κ3) is 1.15. The zero-order valence-electron chi connectivity index (χ0n) is 9.25. The maximum atomic E-state index is 11.0. The van der Waals surface area contributed by atoms with Crippen molar-refractivity contribution in [3.05, 3.63) is 11.6 Å². The Kier molecular flexibility index (Phi) is 1.71. The van der Waals surface area contributed by atoms with E-state index in [1.54, 1.807) is 0 Å². The lowest BCUT2D eigenvalue weighted by Gasteiger charge is -2.57. The number of cyclic esters (lactones) is 1. The molecule has 1 saturated heterocycles. The Bertz CT molecular complexity index is 346. The van der Waals surface area contributed by atoms with Crippen LogP contribution in [0, 0.1) is 17.3 Å². The fourth-order valence-electron chi connectivity index (χ4n) is 3.35. The van der Waals surface area contributed by atoms with Crippen LogP contribution in [-0.4, -0.2) is 18.7 Å². The lowest BCUT2D eigenvalue weighted by Crippen LogP contribution is -2.51. The Hall–Kier alpha value is -0.990. The molecule has 0 aromatic rings. The zero-order chi connectivity index (χ0) is 10.6. The first kappa shape index (κ1) is 9.25. The number of rotatable bonds is 1. The van der Waals surface area contributed by atoms with Gasteiger partial charge in [0, 0.05) is 0 Å². The number of carbonyl (C=O) groups excluding carboxylic acids is 1. The first-order valence-corrected chi connectivity index (χ1v) is 5.72. The van der Waals surface area contributed by atoms with Gasteiger partial charge in [0.15, 0.2) is 0 Å². The highest BCUT2D eigenvalue weighted by atomic mass is 16.6. The van der Waals surface area contributed by atoms with Crippen LogP contribution in [0.4, 0.5) is 4.79 Å². The molecule has 1 aliphatic heterocycles. The van der Waals surface area contributed by atoms with Crippen molar-refractivity contribution < 1.29 is 9.53 Å². The number of carbonyl (C=O) groups is 1. The molecule has 4 aliphatic rings. The molecule has 0 aromatic carbocycles. The van der Waals surface area contributed by atoms with Gasteiger partial charge >= 0.3 is 6.09 Å². The average Bonchev–Trinajstić information content (AvgIpc) is 2.64. The van der Waals surface area contributed by atoms with Gasteiger partial charge in [0.25, 0.3) is 0 Å². The van der Waals surface area contributed by atoms with E-state index in [-0.39, 0.29) is 12.1 Å². The molecular weight excluding hydrogens is 190 g/mol. The molecule has 1 N–H and O–H groups in total. The fraction of sp³-hybridized carbons (Fsp3) is 0.750. The van der Waals surface area contributed by atoms with E-state index in [1.165, 1.54) is 18.4 Å². The van der Waals surface area contributed by atoms with Crippen molar-refractivity contribution in [2.45, 2.75) is 32.7 Å². The van der Waals surface area contributed by atoms with E-state index in [2.05, 4.69) is 25.2 Å². The molecule has 4 rings (SSSR count). The lowest BCUT2D eigenvalue weighted by atomic mass is 9.48. The molecule has 1 heterocycles. The highest BCUT2D eigenvalue weighted by molar-refractivity contribution is 5.70. The van der Waals surface area contributed by atoms with Gasteiger partial charge in [-0.1, -0.05) is 19.9 Å². The minimum absolute atomic E-state index is 0.142. The molecule has 1 saturated carbocycles. The van der Waals surface area contributed by atoms with E-state index in [4.69, 9.17) is 4.74 Å². The third-order valence-corrected chi connectivity index (χ3v) is 4.59. The second kappa shape index (κ2) is 2.77. The van der Waals surface area contributed by atoms with Crippen molar-refractivity contribution >= 4 is 6.09 Å². The molecule has 0 radical (unpaired) electrons. The highest BCUT2D eigenvalue weighted by Crippen LogP contribution is 2.59. The Morgan fingerprint density at radius 2 is 2.33 bits per heavy atom. The third-order valence-electron chi connectivity index (χ3n) is 4.59. The number of ether oxygens (including phenoxy) is 1. The van der Waals surface area contributed by atoms with Crippen LogP contribution in [-0.2, 0) is 4.74 Å². The summed E-state index contributed by atoms with van der Waals surface area (Å²) in [4.78, 5) is 11.0. The van der Waals surface area contributed by atoms with Gasteiger partial charge in [0.1, 0.15) is 6.61 Å². The Morgan fingerprint density at radius 1 is 1.53 bits per heavy atom. The second-order valence-electron chi connectivity index (χ2n) is 5.54. The SMILES string of the molecule is CC1(C)C2CC=C(C3COC(=O)N3)C1C2. The second-order valence-corrected chi connectivity index (χ2v) is 5.54. The van der Waals surface area contributed by atoms with E-state index in [1.807, 2.05) is 0 Å². The fourth-order valence-corrected chi connectivity index (χ4v) is 3.35. The molecule has 82 valence electrons. The minimum atomic E-state index is -0.264. The molecular formula is C12H17NO2. The van der Waals surface area contributed by atoms with Crippen molar-refractivity contribution in [2.75, 3.05) is 6.61 Å². The largest absolute Gasteiger partial charge is 0.447 e. The summed E-state index contributed by atoms with van der Waals surface area (Å²) in [6.45, 7) is 5.20.